The Morgan fingerprint density at radius 3 is 2.79 bits per heavy atom. The number of aryl methyl sites for hydroxylation is 2. The highest BCUT2D eigenvalue weighted by Gasteiger charge is 2.06. The Labute approximate surface area is 80.8 Å². The first-order chi connectivity index (χ1) is 6.66. The molecule has 0 atom stereocenters. The summed E-state index contributed by atoms with van der Waals surface area (Å²) in [5, 5.41) is 3.96. The van der Waals surface area contributed by atoms with Crippen molar-refractivity contribution in [3.63, 3.8) is 0 Å². The van der Waals surface area contributed by atoms with Crippen LogP contribution in [0.5, 0.6) is 0 Å². The molecule has 0 amide bonds. The van der Waals surface area contributed by atoms with Crippen molar-refractivity contribution >= 4 is 0 Å². The maximum atomic E-state index is 11.0. The molecule has 14 heavy (non-hydrogen) atoms. The lowest BCUT2D eigenvalue weighted by atomic mass is 10.1. The monoisotopic (exact) mass is 190 g/mol. The first-order valence-electron chi connectivity index (χ1n) is 4.28. The predicted octanol–water partition coefficient (Wildman–Crippen LogP) is 1.35. The van der Waals surface area contributed by atoms with Crippen LogP contribution in [-0.2, 0) is 7.05 Å². The topological polar surface area (TPSA) is 48.0 Å². The molecular formula is C10H10N2O2. The first-order valence-corrected chi connectivity index (χ1v) is 4.28. The van der Waals surface area contributed by atoms with Crippen LogP contribution in [0.3, 0.4) is 0 Å². The second-order valence-corrected chi connectivity index (χ2v) is 3.17. The van der Waals surface area contributed by atoms with Crippen LogP contribution in [-0.4, -0.2) is 9.78 Å². The molecule has 72 valence electrons. The number of rotatable bonds is 1. The molecule has 0 aliphatic rings. The fourth-order valence-corrected chi connectivity index (χ4v) is 1.24. The van der Waals surface area contributed by atoms with Gasteiger partial charge in [-0.25, -0.2) is 4.79 Å². The van der Waals surface area contributed by atoms with Crippen molar-refractivity contribution in [3.05, 3.63) is 40.4 Å². The van der Waals surface area contributed by atoms with Gasteiger partial charge in [-0.1, -0.05) is 17.7 Å². The van der Waals surface area contributed by atoms with Gasteiger partial charge in [0, 0.05) is 12.6 Å². The molecule has 4 heteroatoms. The van der Waals surface area contributed by atoms with Gasteiger partial charge in [0.2, 0.25) is 5.89 Å². The van der Waals surface area contributed by atoms with E-state index in [1.54, 1.807) is 7.05 Å². The Hall–Kier alpha value is -1.84. The summed E-state index contributed by atoms with van der Waals surface area (Å²) in [5.74, 6) is -0.0808. The minimum atomic E-state index is -0.443. The van der Waals surface area contributed by atoms with Crippen molar-refractivity contribution < 1.29 is 4.42 Å². The summed E-state index contributed by atoms with van der Waals surface area (Å²) < 4.78 is 6.13. The van der Waals surface area contributed by atoms with E-state index < -0.39 is 5.76 Å². The number of hydrogen-bond donors (Lipinski definition) is 0. The normalized spacial score (nSPS) is 10.4. The maximum Gasteiger partial charge on any atom is 0.437 e. The van der Waals surface area contributed by atoms with Crippen LogP contribution in [0.2, 0.25) is 0 Å². The van der Waals surface area contributed by atoms with Crippen LogP contribution in [0.15, 0.2) is 33.5 Å². The van der Waals surface area contributed by atoms with Crippen molar-refractivity contribution in [3.8, 4) is 11.5 Å². The number of aromatic nitrogens is 2. The van der Waals surface area contributed by atoms with Gasteiger partial charge in [-0.15, -0.1) is 5.10 Å². The fraction of sp³-hybridized carbons (Fsp3) is 0.200. The summed E-state index contributed by atoms with van der Waals surface area (Å²) in [7, 11) is 1.56. The molecule has 1 aromatic carbocycles. The molecule has 2 rings (SSSR count). The number of hydrogen-bond acceptors (Lipinski definition) is 3. The van der Waals surface area contributed by atoms with Crippen molar-refractivity contribution in [2.45, 2.75) is 6.92 Å². The van der Waals surface area contributed by atoms with E-state index in [0.717, 1.165) is 11.1 Å². The first kappa shape index (κ1) is 8.74. The molecule has 0 unspecified atom stereocenters. The maximum absolute atomic E-state index is 11.0. The molecule has 0 spiro atoms. The molecule has 1 heterocycles. The molecule has 0 aliphatic heterocycles. The lowest BCUT2D eigenvalue weighted by Gasteiger charge is -1.94. The highest BCUT2D eigenvalue weighted by Crippen LogP contribution is 2.15. The molecule has 0 fully saturated rings. The van der Waals surface area contributed by atoms with Crippen LogP contribution in [0, 0.1) is 6.92 Å². The number of nitrogens with zero attached hydrogens (tertiary/aromatic N) is 2. The predicted molar refractivity (Wildman–Crippen MR) is 51.9 cm³/mol. The summed E-state index contributed by atoms with van der Waals surface area (Å²) in [6, 6.07) is 7.66. The molecule has 2 aromatic rings. The van der Waals surface area contributed by atoms with E-state index in [9.17, 15) is 4.79 Å². The standard InChI is InChI=1S/C10H10N2O2/c1-7-4-3-5-8(6-7)9-11-12(2)10(13)14-9/h3-6H,1-2H3. The van der Waals surface area contributed by atoms with E-state index in [4.69, 9.17) is 4.42 Å². The Balaban J connectivity index is 2.54. The van der Waals surface area contributed by atoms with Crippen molar-refractivity contribution in [1.29, 1.82) is 0 Å². The van der Waals surface area contributed by atoms with Crippen LogP contribution >= 0.6 is 0 Å². The van der Waals surface area contributed by atoms with Crippen molar-refractivity contribution in [2.24, 2.45) is 7.05 Å². The van der Waals surface area contributed by atoms with Gasteiger partial charge in [0.15, 0.2) is 0 Å². The lowest BCUT2D eigenvalue weighted by molar-refractivity contribution is 0.505. The van der Waals surface area contributed by atoms with E-state index in [0.29, 0.717) is 5.89 Å². The van der Waals surface area contributed by atoms with Crippen molar-refractivity contribution in [2.75, 3.05) is 0 Å². The molecular weight excluding hydrogens is 180 g/mol. The Bertz CT molecular complexity index is 511. The third-order valence-corrected chi connectivity index (χ3v) is 1.95. The van der Waals surface area contributed by atoms with E-state index in [1.165, 1.54) is 4.68 Å². The Morgan fingerprint density at radius 1 is 1.43 bits per heavy atom. The van der Waals surface area contributed by atoms with Gasteiger partial charge in [0.1, 0.15) is 0 Å². The van der Waals surface area contributed by atoms with Crippen LogP contribution in [0.4, 0.5) is 0 Å². The molecule has 0 saturated heterocycles. The zero-order valence-electron chi connectivity index (χ0n) is 8.02. The van der Waals surface area contributed by atoms with Gasteiger partial charge in [0.05, 0.1) is 0 Å². The van der Waals surface area contributed by atoms with Gasteiger partial charge >= 0.3 is 5.76 Å². The molecule has 0 aliphatic carbocycles. The lowest BCUT2D eigenvalue weighted by Crippen LogP contribution is -2.09. The third kappa shape index (κ3) is 1.46. The Kier molecular flexibility index (Phi) is 1.96. The fourth-order valence-electron chi connectivity index (χ4n) is 1.24. The summed E-state index contributed by atoms with van der Waals surface area (Å²) in [6.07, 6.45) is 0. The quantitative estimate of drug-likeness (QED) is 0.682. The zero-order chi connectivity index (χ0) is 10.1. The minimum Gasteiger partial charge on any atom is -0.388 e. The number of benzene rings is 1. The molecule has 1 aromatic heterocycles. The Morgan fingerprint density at radius 2 is 2.21 bits per heavy atom. The van der Waals surface area contributed by atoms with E-state index in [2.05, 4.69) is 5.10 Å². The highest BCUT2D eigenvalue weighted by molar-refractivity contribution is 5.53. The van der Waals surface area contributed by atoms with E-state index in [-0.39, 0.29) is 0 Å². The highest BCUT2D eigenvalue weighted by atomic mass is 16.4. The van der Waals surface area contributed by atoms with Crippen LogP contribution in [0.25, 0.3) is 11.5 Å². The zero-order valence-corrected chi connectivity index (χ0v) is 8.02. The molecule has 0 radical (unpaired) electrons. The van der Waals surface area contributed by atoms with Crippen LogP contribution in [0.1, 0.15) is 5.56 Å². The SMILES string of the molecule is Cc1cccc(-c2nn(C)c(=O)o2)c1. The minimum absolute atomic E-state index is 0.362. The molecule has 0 N–H and O–H groups in total. The smallest absolute Gasteiger partial charge is 0.388 e. The van der Waals surface area contributed by atoms with Gasteiger partial charge in [-0.05, 0) is 19.1 Å². The van der Waals surface area contributed by atoms with Gasteiger partial charge < -0.3 is 4.42 Å². The molecule has 4 nitrogen and oxygen atoms in total. The summed E-state index contributed by atoms with van der Waals surface area (Å²) in [5.41, 5.74) is 1.93. The van der Waals surface area contributed by atoms with Crippen molar-refractivity contribution in [1.82, 2.24) is 9.78 Å². The van der Waals surface area contributed by atoms with Gasteiger partial charge in [-0.2, -0.15) is 4.68 Å². The average molecular weight is 190 g/mol. The van der Waals surface area contributed by atoms with Gasteiger partial charge in [-0.3, -0.25) is 0 Å². The second kappa shape index (κ2) is 3.14. The summed E-state index contributed by atoms with van der Waals surface area (Å²) in [6.45, 7) is 1.98. The molecule has 0 bridgehead atoms. The second-order valence-electron chi connectivity index (χ2n) is 3.17. The molecule has 0 saturated carbocycles. The summed E-state index contributed by atoms with van der Waals surface area (Å²) in [4.78, 5) is 11.0. The average Bonchev–Trinajstić information content (AvgIpc) is 2.47. The van der Waals surface area contributed by atoms with E-state index >= 15 is 0 Å². The van der Waals surface area contributed by atoms with Crippen LogP contribution < -0.4 is 5.76 Å². The van der Waals surface area contributed by atoms with Gasteiger partial charge in [0.25, 0.3) is 0 Å². The van der Waals surface area contributed by atoms with E-state index in [1.807, 2.05) is 31.2 Å². The summed E-state index contributed by atoms with van der Waals surface area (Å²) >= 11 is 0. The third-order valence-electron chi connectivity index (χ3n) is 1.95. The largest absolute Gasteiger partial charge is 0.437 e.